The second-order valence-electron chi connectivity index (χ2n) is 2.90. The smallest absolute Gasteiger partial charge is 0.200 e. The third-order valence-corrected chi connectivity index (χ3v) is 3.34. The molecule has 1 heterocycles. The topological polar surface area (TPSA) is 62.8 Å². The van der Waals surface area contributed by atoms with E-state index in [2.05, 4.69) is 31.6 Å². The van der Waals surface area contributed by atoms with Crippen LogP contribution in [0.4, 0.5) is 0 Å². The molecule has 0 spiro atoms. The first-order chi connectivity index (χ1) is 7.29. The Kier molecular flexibility index (Phi) is 3.27. The normalized spacial score (nSPS) is 18.5. The predicted molar refractivity (Wildman–Crippen MR) is 67.9 cm³/mol. The number of nitrogens with two attached hydrogens (primary N) is 1. The van der Waals surface area contributed by atoms with Gasteiger partial charge in [0.2, 0.25) is 5.17 Å². The van der Waals surface area contributed by atoms with E-state index in [1.807, 2.05) is 24.3 Å². The van der Waals surface area contributed by atoms with Crippen LogP contribution in [-0.4, -0.2) is 16.6 Å². The van der Waals surface area contributed by atoms with Crippen LogP contribution in [0, 0.1) is 0 Å². The molecule has 0 amide bonds. The Morgan fingerprint density at radius 1 is 1.40 bits per heavy atom. The van der Waals surface area contributed by atoms with Crippen molar-refractivity contribution in [2.75, 3.05) is 5.75 Å². The minimum Gasteiger partial charge on any atom is -0.321 e. The van der Waals surface area contributed by atoms with Crippen molar-refractivity contribution in [3.8, 4) is 0 Å². The second-order valence-corrected chi connectivity index (χ2v) is 4.78. The number of rotatable bonds is 1. The molecule has 0 bridgehead atoms. The van der Waals surface area contributed by atoms with Gasteiger partial charge in [0.1, 0.15) is 0 Å². The van der Waals surface area contributed by atoms with Gasteiger partial charge in [0.15, 0.2) is 0 Å². The van der Waals surface area contributed by atoms with Crippen molar-refractivity contribution in [1.29, 1.82) is 0 Å². The number of nitrogens with zero attached hydrogens (tertiary/aromatic N) is 2. The Labute approximate surface area is 100 Å². The van der Waals surface area contributed by atoms with Gasteiger partial charge in [-0.1, -0.05) is 39.8 Å². The highest BCUT2D eigenvalue weighted by Crippen LogP contribution is 2.15. The first-order valence-corrected chi connectivity index (χ1v) is 6.06. The van der Waals surface area contributed by atoms with E-state index in [0.29, 0.717) is 5.17 Å². The highest BCUT2D eigenvalue weighted by Gasteiger charge is 2.12. The molecule has 4 nitrogen and oxygen atoms in total. The molecule has 1 aromatic rings. The van der Waals surface area contributed by atoms with E-state index >= 15 is 0 Å². The fraction of sp³-hybridized carbons (Fsp3) is 0.111. The van der Waals surface area contributed by atoms with Crippen LogP contribution in [0.5, 0.6) is 0 Å². The van der Waals surface area contributed by atoms with Crippen molar-refractivity contribution in [2.24, 2.45) is 16.0 Å². The number of thioether (sulfide) groups is 1. The van der Waals surface area contributed by atoms with Gasteiger partial charge in [0, 0.05) is 10.2 Å². The van der Waals surface area contributed by atoms with Gasteiger partial charge >= 0.3 is 0 Å². The highest BCUT2D eigenvalue weighted by molar-refractivity contribution is 9.10. The average molecular weight is 285 g/mol. The summed E-state index contributed by atoms with van der Waals surface area (Å²) < 4.78 is 1.06. The standard InChI is InChI=1S/C9H9BrN4S/c10-7-3-1-6(2-4-7)8-5-15-9(12-11)14-13-8/h1-4H,5,11H2,(H,12,14). The molecule has 15 heavy (non-hydrogen) atoms. The molecule has 6 heteroatoms. The van der Waals surface area contributed by atoms with Gasteiger partial charge in [0.05, 0.1) is 5.71 Å². The molecule has 0 fully saturated rings. The van der Waals surface area contributed by atoms with Crippen LogP contribution >= 0.6 is 27.7 Å². The maximum absolute atomic E-state index is 5.14. The third kappa shape index (κ3) is 2.51. The summed E-state index contributed by atoms with van der Waals surface area (Å²) in [6, 6.07) is 8.04. The zero-order valence-electron chi connectivity index (χ0n) is 7.77. The molecule has 0 unspecified atom stereocenters. The molecule has 0 saturated heterocycles. The van der Waals surface area contributed by atoms with Crippen molar-refractivity contribution in [3.05, 3.63) is 34.3 Å². The summed E-state index contributed by atoms with van der Waals surface area (Å²) in [7, 11) is 0. The zero-order chi connectivity index (χ0) is 10.7. The molecule has 0 radical (unpaired) electrons. The summed E-state index contributed by atoms with van der Waals surface area (Å²) in [5, 5.41) is 8.39. The highest BCUT2D eigenvalue weighted by atomic mass is 79.9. The number of amidine groups is 1. The zero-order valence-corrected chi connectivity index (χ0v) is 10.2. The number of hydrogen-bond donors (Lipinski definition) is 2. The summed E-state index contributed by atoms with van der Waals surface area (Å²) in [6.45, 7) is 0. The van der Waals surface area contributed by atoms with E-state index in [1.54, 1.807) is 11.8 Å². The summed E-state index contributed by atoms with van der Waals surface area (Å²) in [5.41, 5.74) is 4.90. The number of halogens is 1. The van der Waals surface area contributed by atoms with Crippen LogP contribution < -0.4 is 11.3 Å². The van der Waals surface area contributed by atoms with Crippen molar-refractivity contribution in [2.45, 2.75) is 0 Å². The fourth-order valence-electron chi connectivity index (χ4n) is 1.17. The molecule has 1 aliphatic rings. The Morgan fingerprint density at radius 2 is 2.13 bits per heavy atom. The average Bonchev–Trinajstić information content (AvgIpc) is 2.30. The van der Waals surface area contributed by atoms with E-state index in [1.165, 1.54) is 0 Å². The Hall–Kier alpha value is -1.01. The van der Waals surface area contributed by atoms with Crippen LogP contribution in [0.1, 0.15) is 5.56 Å². The molecular formula is C9H9BrN4S. The second kappa shape index (κ2) is 4.67. The molecule has 78 valence electrons. The lowest BCUT2D eigenvalue weighted by molar-refractivity contribution is 1.02. The number of hydrogen-bond acceptors (Lipinski definition) is 4. The maximum atomic E-state index is 5.14. The van der Waals surface area contributed by atoms with Gasteiger partial charge in [-0.3, -0.25) is 5.43 Å². The van der Waals surface area contributed by atoms with Crippen LogP contribution in [0.15, 0.2) is 38.9 Å². The molecule has 2 rings (SSSR count). The monoisotopic (exact) mass is 284 g/mol. The number of benzene rings is 1. The van der Waals surface area contributed by atoms with E-state index < -0.39 is 0 Å². The van der Waals surface area contributed by atoms with Crippen molar-refractivity contribution < 1.29 is 0 Å². The lowest BCUT2D eigenvalue weighted by Crippen LogP contribution is -2.26. The SMILES string of the molecule is N/N=C1\NN=C(c2ccc(Br)cc2)CS1. The predicted octanol–water partition coefficient (Wildman–Crippen LogP) is 1.72. The Balaban J connectivity index is 2.19. The first kappa shape index (κ1) is 10.5. The van der Waals surface area contributed by atoms with Crippen molar-refractivity contribution >= 4 is 38.6 Å². The van der Waals surface area contributed by atoms with Crippen molar-refractivity contribution in [3.63, 3.8) is 0 Å². The van der Waals surface area contributed by atoms with Crippen LogP contribution in [-0.2, 0) is 0 Å². The molecule has 1 aliphatic heterocycles. The van der Waals surface area contributed by atoms with E-state index in [-0.39, 0.29) is 0 Å². The van der Waals surface area contributed by atoms with E-state index in [4.69, 9.17) is 5.84 Å². The first-order valence-electron chi connectivity index (χ1n) is 4.29. The van der Waals surface area contributed by atoms with Crippen molar-refractivity contribution in [1.82, 2.24) is 5.43 Å². The summed E-state index contributed by atoms with van der Waals surface area (Å²) in [5.74, 6) is 5.92. The largest absolute Gasteiger partial charge is 0.321 e. The Morgan fingerprint density at radius 3 is 2.67 bits per heavy atom. The number of nitrogens with one attached hydrogen (secondary N) is 1. The van der Waals surface area contributed by atoms with E-state index in [0.717, 1.165) is 21.5 Å². The van der Waals surface area contributed by atoms with Crippen LogP contribution in [0.25, 0.3) is 0 Å². The molecule has 1 aromatic carbocycles. The van der Waals surface area contributed by atoms with Crippen LogP contribution in [0.3, 0.4) is 0 Å². The quantitative estimate of drug-likeness (QED) is 0.610. The van der Waals surface area contributed by atoms with Gasteiger partial charge in [-0.05, 0) is 17.7 Å². The maximum Gasteiger partial charge on any atom is 0.200 e. The van der Waals surface area contributed by atoms with E-state index in [9.17, 15) is 0 Å². The summed E-state index contributed by atoms with van der Waals surface area (Å²) >= 11 is 4.94. The van der Waals surface area contributed by atoms with Gasteiger partial charge in [-0.25, -0.2) is 0 Å². The summed E-state index contributed by atoms with van der Waals surface area (Å²) in [4.78, 5) is 0. The number of hydrazone groups is 2. The minimum atomic E-state index is 0.649. The molecule has 0 saturated carbocycles. The minimum absolute atomic E-state index is 0.649. The molecule has 0 aromatic heterocycles. The van der Waals surface area contributed by atoms with Gasteiger partial charge in [0.25, 0.3) is 0 Å². The fourth-order valence-corrected chi connectivity index (χ4v) is 2.13. The molecular weight excluding hydrogens is 276 g/mol. The molecule has 0 aliphatic carbocycles. The lowest BCUT2D eigenvalue weighted by atomic mass is 10.1. The van der Waals surface area contributed by atoms with Gasteiger partial charge < -0.3 is 5.84 Å². The van der Waals surface area contributed by atoms with Crippen LogP contribution in [0.2, 0.25) is 0 Å². The lowest BCUT2D eigenvalue weighted by Gasteiger charge is -2.13. The Bertz CT molecular complexity index is 413. The molecule has 0 atom stereocenters. The third-order valence-electron chi connectivity index (χ3n) is 1.93. The van der Waals surface area contributed by atoms with Gasteiger partial charge in [-0.2, -0.15) is 10.2 Å². The summed E-state index contributed by atoms with van der Waals surface area (Å²) in [6.07, 6.45) is 0. The molecule has 3 N–H and O–H groups in total. The van der Waals surface area contributed by atoms with Gasteiger partial charge in [-0.15, -0.1) is 0 Å².